The molecule has 2 aromatic rings. The third kappa shape index (κ3) is 2.33. The minimum absolute atomic E-state index is 0.116. The molecule has 0 saturated carbocycles. The Labute approximate surface area is 97.9 Å². The van der Waals surface area contributed by atoms with Crippen molar-refractivity contribution in [1.82, 2.24) is 9.97 Å². The van der Waals surface area contributed by atoms with Crippen LogP contribution in [0.2, 0.25) is 0 Å². The van der Waals surface area contributed by atoms with Gasteiger partial charge in [0.05, 0.1) is 5.69 Å². The zero-order chi connectivity index (χ0) is 11.5. The topological polar surface area (TPSA) is 45.8 Å². The van der Waals surface area contributed by atoms with Gasteiger partial charge in [0, 0.05) is 11.6 Å². The average molecular weight is 232 g/mol. The number of thioether (sulfide) groups is 1. The van der Waals surface area contributed by atoms with E-state index in [0.717, 1.165) is 5.56 Å². The Bertz CT molecular complexity index is 546. The van der Waals surface area contributed by atoms with Gasteiger partial charge >= 0.3 is 0 Å². The molecule has 82 valence electrons. The molecule has 2 rings (SSSR count). The van der Waals surface area contributed by atoms with E-state index in [1.54, 1.807) is 0 Å². The SMILES string of the molecule is CSc1nc(-c2ccc(C)cc2)cc(=O)[nH]1. The number of benzene rings is 1. The summed E-state index contributed by atoms with van der Waals surface area (Å²) >= 11 is 1.43. The van der Waals surface area contributed by atoms with Crippen molar-refractivity contribution in [1.29, 1.82) is 0 Å². The van der Waals surface area contributed by atoms with Crippen LogP contribution in [0.1, 0.15) is 5.56 Å². The predicted octanol–water partition coefficient (Wildman–Crippen LogP) is 2.47. The minimum Gasteiger partial charge on any atom is -0.301 e. The monoisotopic (exact) mass is 232 g/mol. The van der Waals surface area contributed by atoms with E-state index in [-0.39, 0.29) is 5.56 Å². The quantitative estimate of drug-likeness (QED) is 0.639. The van der Waals surface area contributed by atoms with Crippen molar-refractivity contribution in [3.05, 3.63) is 46.2 Å². The van der Waals surface area contributed by atoms with Crippen molar-refractivity contribution in [3.63, 3.8) is 0 Å². The van der Waals surface area contributed by atoms with Crippen molar-refractivity contribution in [2.45, 2.75) is 12.1 Å². The molecule has 0 bridgehead atoms. The maximum Gasteiger partial charge on any atom is 0.252 e. The number of H-pyrrole nitrogens is 1. The second-order valence-corrected chi connectivity index (χ2v) is 4.30. The number of nitrogens with zero attached hydrogens (tertiary/aromatic N) is 1. The van der Waals surface area contributed by atoms with Gasteiger partial charge < -0.3 is 4.98 Å². The number of aromatic amines is 1. The van der Waals surface area contributed by atoms with Crippen LogP contribution in [-0.2, 0) is 0 Å². The van der Waals surface area contributed by atoms with Crippen molar-refractivity contribution >= 4 is 11.8 Å². The van der Waals surface area contributed by atoms with Gasteiger partial charge in [-0.05, 0) is 13.2 Å². The molecule has 0 spiro atoms. The fraction of sp³-hybridized carbons (Fsp3) is 0.167. The van der Waals surface area contributed by atoms with Gasteiger partial charge in [-0.3, -0.25) is 4.79 Å². The summed E-state index contributed by atoms with van der Waals surface area (Å²) in [5.74, 6) is 0. The molecule has 1 N–H and O–H groups in total. The number of hydrogen-bond acceptors (Lipinski definition) is 3. The Morgan fingerprint density at radius 1 is 1.25 bits per heavy atom. The molecule has 0 unspecified atom stereocenters. The normalized spacial score (nSPS) is 10.4. The number of hydrogen-bond donors (Lipinski definition) is 1. The lowest BCUT2D eigenvalue weighted by Gasteiger charge is -2.02. The van der Waals surface area contributed by atoms with Gasteiger partial charge in [0.2, 0.25) is 0 Å². The Kier molecular flexibility index (Phi) is 3.10. The van der Waals surface area contributed by atoms with Crippen LogP contribution in [0.15, 0.2) is 40.3 Å². The lowest BCUT2D eigenvalue weighted by molar-refractivity contribution is 0.945. The molecule has 0 radical (unpaired) electrons. The molecule has 4 heteroatoms. The molecular formula is C12H12N2OS. The summed E-state index contributed by atoms with van der Waals surface area (Å²) in [5.41, 5.74) is 2.76. The van der Waals surface area contributed by atoms with Crippen molar-refractivity contribution < 1.29 is 0 Å². The van der Waals surface area contributed by atoms with Crippen LogP contribution < -0.4 is 5.56 Å². The van der Waals surface area contributed by atoms with Crippen LogP contribution in [0, 0.1) is 6.92 Å². The molecule has 3 nitrogen and oxygen atoms in total. The van der Waals surface area contributed by atoms with E-state index >= 15 is 0 Å². The van der Waals surface area contributed by atoms with Gasteiger partial charge in [-0.15, -0.1) is 0 Å². The van der Waals surface area contributed by atoms with Crippen LogP contribution in [0.5, 0.6) is 0 Å². The van der Waals surface area contributed by atoms with Crippen LogP contribution in [0.3, 0.4) is 0 Å². The predicted molar refractivity (Wildman–Crippen MR) is 66.8 cm³/mol. The third-order valence-electron chi connectivity index (χ3n) is 2.26. The third-order valence-corrected chi connectivity index (χ3v) is 2.84. The molecule has 1 heterocycles. The van der Waals surface area contributed by atoms with Gasteiger partial charge in [0.1, 0.15) is 0 Å². The molecule has 0 aliphatic heterocycles. The Hall–Kier alpha value is -1.55. The minimum atomic E-state index is -0.116. The molecule has 0 aliphatic rings. The Morgan fingerprint density at radius 3 is 2.56 bits per heavy atom. The van der Waals surface area contributed by atoms with Crippen molar-refractivity contribution in [2.24, 2.45) is 0 Å². The zero-order valence-corrected chi connectivity index (χ0v) is 9.97. The highest BCUT2D eigenvalue weighted by Crippen LogP contribution is 2.17. The summed E-state index contributed by atoms with van der Waals surface area (Å²) in [4.78, 5) is 18.4. The van der Waals surface area contributed by atoms with E-state index < -0.39 is 0 Å². The van der Waals surface area contributed by atoms with E-state index in [1.165, 1.54) is 23.4 Å². The lowest BCUT2D eigenvalue weighted by atomic mass is 10.1. The van der Waals surface area contributed by atoms with Crippen molar-refractivity contribution in [3.8, 4) is 11.3 Å². The summed E-state index contributed by atoms with van der Waals surface area (Å²) in [5, 5.41) is 0.642. The summed E-state index contributed by atoms with van der Waals surface area (Å²) in [6, 6.07) is 9.49. The second kappa shape index (κ2) is 4.53. The molecule has 0 amide bonds. The maximum atomic E-state index is 11.4. The molecule has 0 fully saturated rings. The van der Waals surface area contributed by atoms with Crippen molar-refractivity contribution in [2.75, 3.05) is 6.26 Å². The van der Waals surface area contributed by atoms with E-state index in [1.807, 2.05) is 37.4 Å². The molecule has 0 aliphatic carbocycles. The van der Waals surface area contributed by atoms with Crippen LogP contribution in [0.4, 0.5) is 0 Å². The first-order valence-electron chi connectivity index (χ1n) is 4.91. The highest BCUT2D eigenvalue weighted by molar-refractivity contribution is 7.98. The largest absolute Gasteiger partial charge is 0.301 e. The van der Waals surface area contributed by atoms with Crippen LogP contribution in [-0.4, -0.2) is 16.2 Å². The highest BCUT2D eigenvalue weighted by atomic mass is 32.2. The zero-order valence-electron chi connectivity index (χ0n) is 9.15. The molecule has 1 aromatic carbocycles. The lowest BCUT2D eigenvalue weighted by Crippen LogP contribution is -2.07. The summed E-state index contributed by atoms with van der Waals surface area (Å²) in [6.45, 7) is 2.03. The second-order valence-electron chi connectivity index (χ2n) is 3.51. The smallest absolute Gasteiger partial charge is 0.252 e. The Balaban J connectivity index is 2.51. The maximum absolute atomic E-state index is 11.4. The van der Waals surface area contributed by atoms with E-state index in [4.69, 9.17) is 0 Å². The van der Waals surface area contributed by atoms with Gasteiger partial charge in [0.15, 0.2) is 5.16 Å². The first-order valence-corrected chi connectivity index (χ1v) is 6.14. The standard InChI is InChI=1S/C12H12N2OS/c1-8-3-5-9(6-4-8)10-7-11(15)14-12(13-10)16-2/h3-7H,1-2H3,(H,13,14,15). The average Bonchev–Trinajstić information content (AvgIpc) is 2.29. The molecule has 1 aromatic heterocycles. The fourth-order valence-corrected chi connectivity index (χ4v) is 1.80. The highest BCUT2D eigenvalue weighted by Gasteiger charge is 2.02. The van der Waals surface area contributed by atoms with Gasteiger partial charge in [0.25, 0.3) is 5.56 Å². The number of rotatable bonds is 2. The first kappa shape index (κ1) is 11.0. The summed E-state index contributed by atoms with van der Waals surface area (Å²) < 4.78 is 0. The van der Waals surface area contributed by atoms with Crippen LogP contribution in [0.25, 0.3) is 11.3 Å². The number of aromatic nitrogens is 2. The van der Waals surface area contributed by atoms with Gasteiger partial charge in [-0.25, -0.2) is 4.98 Å². The molecule has 16 heavy (non-hydrogen) atoms. The van der Waals surface area contributed by atoms with Crippen LogP contribution >= 0.6 is 11.8 Å². The Morgan fingerprint density at radius 2 is 1.94 bits per heavy atom. The van der Waals surface area contributed by atoms with Gasteiger partial charge in [-0.2, -0.15) is 0 Å². The fourth-order valence-electron chi connectivity index (χ4n) is 1.40. The number of aryl methyl sites for hydroxylation is 1. The summed E-state index contributed by atoms with van der Waals surface area (Å²) in [6.07, 6.45) is 1.89. The molecular weight excluding hydrogens is 220 g/mol. The first-order chi connectivity index (χ1) is 7.69. The van der Waals surface area contributed by atoms with E-state index in [2.05, 4.69) is 9.97 Å². The molecule has 0 saturated heterocycles. The van der Waals surface area contributed by atoms with E-state index in [0.29, 0.717) is 10.9 Å². The van der Waals surface area contributed by atoms with Gasteiger partial charge in [-0.1, -0.05) is 41.6 Å². The summed E-state index contributed by atoms with van der Waals surface area (Å²) in [7, 11) is 0. The number of nitrogens with one attached hydrogen (secondary N) is 1. The van der Waals surface area contributed by atoms with E-state index in [9.17, 15) is 4.79 Å². The molecule has 0 atom stereocenters.